The molecule has 1 amide bonds. The molecule has 4 rings (SSSR count). The molecule has 0 atom stereocenters. The van der Waals surface area contributed by atoms with E-state index in [1.165, 1.54) is 22.3 Å². The van der Waals surface area contributed by atoms with Gasteiger partial charge in [-0.15, -0.1) is 0 Å². The maximum atomic E-state index is 12.2. The summed E-state index contributed by atoms with van der Waals surface area (Å²) in [5.74, 6) is 0.186. The van der Waals surface area contributed by atoms with Crippen LogP contribution in [-0.2, 0) is 11.3 Å². The molecule has 26 heavy (non-hydrogen) atoms. The normalized spacial score (nSPS) is 20.1. The SMILES string of the molecule is Cc1ccccc1-c1ccc(CN2CCC3(CC2)NCCNC3=O)cc1. The largest absolute Gasteiger partial charge is 0.353 e. The van der Waals surface area contributed by atoms with Gasteiger partial charge in [-0.25, -0.2) is 0 Å². The highest BCUT2D eigenvalue weighted by molar-refractivity contribution is 5.87. The van der Waals surface area contributed by atoms with Crippen LogP contribution in [0.4, 0.5) is 0 Å². The van der Waals surface area contributed by atoms with Crippen LogP contribution in [0.25, 0.3) is 11.1 Å². The molecule has 2 aliphatic heterocycles. The lowest BCUT2D eigenvalue weighted by Crippen LogP contribution is -2.66. The summed E-state index contributed by atoms with van der Waals surface area (Å²) in [6.07, 6.45) is 1.78. The number of aryl methyl sites for hydroxylation is 1. The number of amides is 1. The highest BCUT2D eigenvalue weighted by atomic mass is 16.2. The van der Waals surface area contributed by atoms with Crippen LogP contribution < -0.4 is 10.6 Å². The van der Waals surface area contributed by atoms with Crippen molar-refractivity contribution in [3.05, 3.63) is 59.7 Å². The van der Waals surface area contributed by atoms with Gasteiger partial charge in [0.25, 0.3) is 0 Å². The fourth-order valence-electron chi connectivity index (χ4n) is 4.17. The molecule has 4 heteroatoms. The summed E-state index contributed by atoms with van der Waals surface area (Å²) in [6, 6.07) is 17.4. The lowest BCUT2D eigenvalue weighted by Gasteiger charge is -2.43. The van der Waals surface area contributed by atoms with Crippen molar-refractivity contribution < 1.29 is 4.79 Å². The zero-order valence-corrected chi connectivity index (χ0v) is 15.4. The third-order valence-electron chi connectivity index (χ3n) is 5.83. The Kier molecular flexibility index (Phi) is 4.79. The first-order valence-electron chi connectivity index (χ1n) is 9.57. The van der Waals surface area contributed by atoms with Gasteiger partial charge in [0, 0.05) is 32.7 Å². The van der Waals surface area contributed by atoms with Crippen LogP contribution in [-0.4, -0.2) is 42.5 Å². The molecule has 2 heterocycles. The molecule has 136 valence electrons. The minimum Gasteiger partial charge on any atom is -0.353 e. The molecule has 0 radical (unpaired) electrons. The third-order valence-corrected chi connectivity index (χ3v) is 5.83. The zero-order valence-electron chi connectivity index (χ0n) is 15.4. The lowest BCUT2D eigenvalue weighted by atomic mass is 9.85. The summed E-state index contributed by atoms with van der Waals surface area (Å²) in [6.45, 7) is 6.65. The minimum atomic E-state index is -0.330. The van der Waals surface area contributed by atoms with Crippen LogP contribution in [0.3, 0.4) is 0 Å². The molecule has 0 aliphatic carbocycles. The number of nitrogens with one attached hydrogen (secondary N) is 2. The molecule has 2 aromatic rings. The molecule has 2 fully saturated rings. The predicted octanol–water partition coefficient (Wildman–Crippen LogP) is 2.72. The molecular formula is C22H27N3O. The van der Waals surface area contributed by atoms with Gasteiger partial charge in [0.05, 0.1) is 0 Å². The van der Waals surface area contributed by atoms with E-state index in [2.05, 4.69) is 71.0 Å². The molecule has 2 saturated heterocycles. The van der Waals surface area contributed by atoms with Crippen molar-refractivity contribution in [2.24, 2.45) is 0 Å². The van der Waals surface area contributed by atoms with E-state index in [0.717, 1.165) is 45.6 Å². The van der Waals surface area contributed by atoms with Crippen molar-refractivity contribution in [3.63, 3.8) is 0 Å². The first kappa shape index (κ1) is 17.3. The van der Waals surface area contributed by atoms with Gasteiger partial charge >= 0.3 is 0 Å². The summed E-state index contributed by atoms with van der Waals surface area (Å²) in [5, 5.41) is 6.47. The summed E-state index contributed by atoms with van der Waals surface area (Å²) < 4.78 is 0. The van der Waals surface area contributed by atoms with Gasteiger partial charge in [-0.2, -0.15) is 0 Å². The van der Waals surface area contributed by atoms with Gasteiger partial charge < -0.3 is 10.6 Å². The second-order valence-electron chi connectivity index (χ2n) is 7.55. The number of benzene rings is 2. The molecule has 0 bridgehead atoms. The molecule has 0 aromatic heterocycles. The van der Waals surface area contributed by atoms with Crippen molar-refractivity contribution >= 4 is 5.91 Å². The Bertz CT molecular complexity index is 776. The van der Waals surface area contributed by atoms with Crippen LogP contribution in [0, 0.1) is 6.92 Å². The number of piperazine rings is 1. The maximum absolute atomic E-state index is 12.2. The number of hydrogen-bond donors (Lipinski definition) is 2. The Balaban J connectivity index is 1.38. The number of carbonyl (C=O) groups excluding carboxylic acids is 1. The van der Waals surface area contributed by atoms with E-state index in [9.17, 15) is 4.79 Å². The fraction of sp³-hybridized carbons (Fsp3) is 0.409. The number of likely N-dealkylation sites (tertiary alicyclic amines) is 1. The number of hydrogen-bond acceptors (Lipinski definition) is 3. The summed E-state index contributed by atoms with van der Waals surface area (Å²) in [4.78, 5) is 14.7. The van der Waals surface area contributed by atoms with Crippen molar-refractivity contribution in [1.82, 2.24) is 15.5 Å². The smallest absolute Gasteiger partial charge is 0.240 e. The number of nitrogens with zero attached hydrogens (tertiary/aromatic N) is 1. The first-order valence-corrected chi connectivity index (χ1v) is 9.57. The molecule has 4 nitrogen and oxygen atoms in total. The van der Waals surface area contributed by atoms with Crippen LogP contribution in [0.5, 0.6) is 0 Å². The van der Waals surface area contributed by atoms with Crippen LogP contribution in [0.2, 0.25) is 0 Å². The minimum absolute atomic E-state index is 0.186. The third kappa shape index (κ3) is 3.39. The van der Waals surface area contributed by atoms with E-state index in [-0.39, 0.29) is 11.4 Å². The monoisotopic (exact) mass is 349 g/mol. The Labute approximate surface area is 155 Å². The van der Waals surface area contributed by atoms with Gasteiger partial charge in [-0.1, -0.05) is 48.5 Å². The highest BCUT2D eigenvalue weighted by Crippen LogP contribution is 2.26. The zero-order chi connectivity index (χ0) is 18.0. The molecule has 2 aromatic carbocycles. The van der Waals surface area contributed by atoms with Crippen molar-refractivity contribution in [2.45, 2.75) is 31.8 Å². The molecule has 0 saturated carbocycles. The second kappa shape index (κ2) is 7.22. The van der Waals surface area contributed by atoms with E-state index in [1.54, 1.807) is 0 Å². The van der Waals surface area contributed by atoms with Gasteiger partial charge in [-0.05, 0) is 42.0 Å². The average Bonchev–Trinajstić information content (AvgIpc) is 2.67. The van der Waals surface area contributed by atoms with Gasteiger partial charge in [0.1, 0.15) is 5.54 Å². The van der Waals surface area contributed by atoms with Crippen molar-refractivity contribution in [3.8, 4) is 11.1 Å². The standard InChI is InChI=1S/C22H27N3O/c1-17-4-2-3-5-20(17)19-8-6-18(7-9-19)16-25-14-10-22(11-15-25)21(26)23-12-13-24-22/h2-9,24H,10-16H2,1H3,(H,23,26). The van der Waals surface area contributed by atoms with E-state index in [1.807, 2.05) is 0 Å². The molecule has 2 aliphatic rings. The van der Waals surface area contributed by atoms with Gasteiger partial charge in [-0.3, -0.25) is 9.69 Å². The second-order valence-corrected chi connectivity index (χ2v) is 7.55. The van der Waals surface area contributed by atoms with E-state index < -0.39 is 0 Å². The quantitative estimate of drug-likeness (QED) is 0.896. The molecule has 1 spiro atoms. The Morgan fingerprint density at radius 3 is 2.42 bits per heavy atom. The van der Waals surface area contributed by atoms with Crippen molar-refractivity contribution in [1.29, 1.82) is 0 Å². The fourth-order valence-corrected chi connectivity index (χ4v) is 4.17. The summed E-state index contributed by atoms with van der Waals surface area (Å²) in [7, 11) is 0. The Morgan fingerprint density at radius 1 is 1.00 bits per heavy atom. The number of rotatable bonds is 3. The van der Waals surface area contributed by atoms with E-state index in [0.29, 0.717) is 0 Å². The molecule has 2 N–H and O–H groups in total. The highest BCUT2D eigenvalue weighted by Gasteiger charge is 2.42. The van der Waals surface area contributed by atoms with Crippen LogP contribution in [0.15, 0.2) is 48.5 Å². The predicted molar refractivity (Wildman–Crippen MR) is 105 cm³/mol. The summed E-state index contributed by atoms with van der Waals surface area (Å²) in [5.41, 5.74) is 4.88. The maximum Gasteiger partial charge on any atom is 0.240 e. The van der Waals surface area contributed by atoms with Crippen molar-refractivity contribution in [2.75, 3.05) is 26.2 Å². The first-order chi connectivity index (χ1) is 12.7. The van der Waals surface area contributed by atoms with Crippen LogP contribution in [0.1, 0.15) is 24.0 Å². The Morgan fingerprint density at radius 2 is 1.73 bits per heavy atom. The molecule has 0 unspecified atom stereocenters. The average molecular weight is 349 g/mol. The number of carbonyl (C=O) groups is 1. The van der Waals surface area contributed by atoms with Gasteiger partial charge in [0.15, 0.2) is 0 Å². The Hall–Kier alpha value is -2.17. The van der Waals surface area contributed by atoms with E-state index in [4.69, 9.17) is 0 Å². The van der Waals surface area contributed by atoms with Crippen LogP contribution >= 0.6 is 0 Å². The topological polar surface area (TPSA) is 44.4 Å². The summed E-state index contributed by atoms with van der Waals surface area (Å²) >= 11 is 0. The van der Waals surface area contributed by atoms with Gasteiger partial charge in [0.2, 0.25) is 5.91 Å². The lowest BCUT2D eigenvalue weighted by molar-refractivity contribution is -0.131. The van der Waals surface area contributed by atoms with E-state index >= 15 is 0 Å². The molecular weight excluding hydrogens is 322 g/mol. The number of piperidine rings is 1.